The molecule has 1 aromatic carbocycles. The Morgan fingerprint density at radius 2 is 1.89 bits per heavy atom. The first-order chi connectivity index (χ1) is 11.9. The number of carboxylic acids is 1. The zero-order valence-corrected chi connectivity index (χ0v) is 19.6. The van der Waals surface area contributed by atoms with E-state index in [1.54, 1.807) is 13.0 Å². The van der Waals surface area contributed by atoms with Crippen molar-refractivity contribution >= 4 is 16.1 Å². The van der Waals surface area contributed by atoms with Crippen LogP contribution >= 0.6 is 0 Å². The zero-order chi connectivity index (χ0) is 19.5. The van der Waals surface area contributed by atoms with Crippen molar-refractivity contribution in [2.45, 2.75) is 76.0 Å². The molecule has 0 saturated heterocycles. The van der Waals surface area contributed by atoms with E-state index in [4.69, 9.17) is 0 Å². The fraction of sp³-hybridized carbons (Fsp3) is 0.650. The van der Waals surface area contributed by atoms with Gasteiger partial charge in [-0.1, -0.05) is 26.8 Å². The Balaban J connectivity index is 0.00000261. The summed E-state index contributed by atoms with van der Waals surface area (Å²) in [7, 11) is -4.56. The van der Waals surface area contributed by atoms with Crippen LogP contribution in [0.1, 0.15) is 76.0 Å². The van der Waals surface area contributed by atoms with E-state index < -0.39 is 21.5 Å². The van der Waals surface area contributed by atoms with Gasteiger partial charge in [0.25, 0.3) is 0 Å². The van der Waals surface area contributed by atoms with Crippen LogP contribution in [0.15, 0.2) is 17.0 Å². The molecule has 1 saturated carbocycles. The summed E-state index contributed by atoms with van der Waals surface area (Å²) in [5, 5.41) is 9.59. The van der Waals surface area contributed by atoms with Crippen molar-refractivity contribution in [1.29, 1.82) is 0 Å². The van der Waals surface area contributed by atoms with Crippen LogP contribution in [0.25, 0.3) is 0 Å². The average Bonchev–Trinajstić information content (AvgIpc) is 2.53. The Kier molecular flexibility index (Phi) is 6.31. The number of benzene rings is 1. The molecule has 0 amide bonds. The molecular formula is C20H27NaO5S. The summed E-state index contributed by atoms with van der Waals surface area (Å²) in [5.74, 6) is -0.633. The summed E-state index contributed by atoms with van der Waals surface area (Å²) in [6.45, 7) is 7.69. The van der Waals surface area contributed by atoms with E-state index in [0.717, 1.165) is 24.0 Å². The molecule has 0 aliphatic heterocycles. The Hall–Kier alpha value is -0.400. The number of hydrogen-bond donors (Lipinski definition) is 1. The minimum atomic E-state index is -4.56. The van der Waals surface area contributed by atoms with Crippen molar-refractivity contribution in [1.82, 2.24) is 0 Å². The summed E-state index contributed by atoms with van der Waals surface area (Å²) in [4.78, 5) is 11.6. The van der Waals surface area contributed by atoms with Crippen LogP contribution in [0.3, 0.4) is 0 Å². The van der Waals surface area contributed by atoms with Gasteiger partial charge < -0.3 is 9.66 Å². The Morgan fingerprint density at radius 3 is 2.41 bits per heavy atom. The maximum absolute atomic E-state index is 11.9. The summed E-state index contributed by atoms with van der Waals surface area (Å²) in [5.41, 5.74) is 1.62. The smallest absolute Gasteiger partial charge is 0.744 e. The second kappa shape index (κ2) is 7.45. The van der Waals surface area contributed by atoms with Gasteiger partial charge in [0.1, 0.15) is 10.1 Å². The van der Waals surface area contributed by atoms with Gasteiger partial charge in [0, 0.05) is 0 Å². The van der Waals surface area contributed by atoms with Crippen molar-refractivity contribution in [2.75, 3.05) is 0 Å². The van der Waals surface area contributed by atoms with E-state index in [1.165, 1.54) is 0 Å². The molecule has 1 N–H and O–H groups in total. The maximum atomic E-state index is 11.9. The fourth-order valence-electron chi connectivity index (χ4n) is 4.96. The van der Waals surface area contributed by atoms with Crippen molar-refractivity contribution < 1.29 is 52.4 Å². The molecule has 0 unspecified atom stereocenters. The van der Waals surface area contributed by atoms with E-state index in [2.05, 4.69) is 6.92 Å². The number of fused-ring (bicyclic) bond motifs is 3. The second-order valence-corrected chi connectivity index (χ2v) is 10.2. The van der Waals surface area contributed by atoms with Crippen molar-refractivity contribution in [2.24, 2.45) is 11.3 Å². The number of carbonyl (C=O) groups is 1. The topological polar surface area (TPSA) is 94.5 Å². The van der Waals surface area contributed by atoms with Gasteiger partial charge in [0.05, 0.1) is 10.3 Å². The molecule has 7 heteroatoms. The minimum Gasteiger partial charge on any atom is -0.744 e. The van der Waals surface area contributed by atoms with Gasteiger partial charge in [0.2, 0.25) is 0 Å². The average molecular weight is 402 g/mol. The van der Waals surface area contributed by atoms with Gasteiger partial charge in [-0.2, -0.15) is 0 Å². The second-order valence-electron chi connectivity index (χ2n) is 8.88. The van der Waals surface area contributed by atoms with Crippen LogP contribution in [0, 0.1) is 11.3 Å². The quantitative estimate of drug-likeness (QED) is 0.597. The fourth-order valence-corrected chi connectivity index (χ4v) is 5.81. The van der Waals surface area contributed by atoms with Crippen molar-refractivity contribution in [3.8, 4) is 0 Å². The molecule has 5 nitrogen and oxygen atoms in total. The van der Waals surface area contributed by atoms with Gasteiger partial charge in [-0.15, -0.1) is 0 Å². The van der Waals surface area contributed by atoms with E-state index in [-0.39, 0.29) is 51.7 Å². The van der Waals surface area contributed by atoms with Crippen molar-refractivity contribution in [3.05, 3.63) is 28.8 Å². The van der Waals surface area contributed by atoms with Gasteiger partial charge >= 0.3 is 35.5 Å². The van der Waals surface area contributed by atoms with Crippen LogP contribution in [-0.4, -0.2) is 24.0 Å². The third-order valence-corrected chi connectivity index (χ3v) is 7.71. The molecule has 3 rings (SSSR count). The molecule has 0 spiro atoms. The molecular weight excluding hydrogens is 375 g/mol. The molecule has 0 bridgehead atoms. The molecule has 1 fully saturated rings. The van der Waals surface area contributed by atoms with Gasteiger partial charge in [-0.25, -0.2) is 8.42 Å². The monoisotopic (exact) mass is 402 g/mol. The SMILES string of the molecule is CC(C)c1cc2c(cc1S(=O)(=O)[O-])[C@@]1(C)CC[C@@](C)(C(=O)O)C[C@@H]1CC2.[Na+]. The minimum absolute atomic E-state index is 0. The van der Waals surface area contributed by atoms with E-state index in [9.17, 15) is 22.9 Å². The molecule has 144 valence electrons. The first kappa shape index (κ1) is 22.9. The number of hydrogen-bond acceptors (Lipinski definition) is 4. The normalized spacial score (nSPS) is 30.2. The predicted octanol–water partition coefficient (Wildman–Crippen LogP) is 0.813. The molecule has 1 aromatic rings. The maximum Gasteiger partial charge on any atom is 1.00 e. The molecule has 2 aliphatic rings. The van der Waals surface area contributed by atoms with Gasteiger partial charge in [-0.3, -0.25) is 4.79 Å². The number of rotatable bonds is 3. The first-order valence-corrected chi connectivity index (χ1v) is 10.7. The Bertz CT molecular complexity index is 863. The molecule has 2 aliphatic carbocycles. The summed E-state index contributed by atoms with van der Waals surface area (Å²) < 4.78 is 35.6. The van der Waals surface area contributed by atoms with E-state index in [1.807, 2.05) is 19.9 Å². The first-order valence-electron chi connectivity index (χ1n) is 9.25. The molecule has 3 atom stereocenters. The van der Waals surface area contributed by atoms with E-state index in [0.29, 0.717) is 24.8 Å². The third kappa shape index (κ3) is 3.88. The number of carboxylic acid groups (broad SMARTS) is 1. The molecule has 0 aromatic heterocycles. The standard InChI is InChI=1S/C20H28O5S.Na/c1-12(2)15-9-13-5-6-14-11-19(3,18(21)22)7-8-20(14,4)16(13)10-17(15)26(23,24)25;/h9-10,12,14H,5-8,11H2,1-4H3,(H,21,22)(H,23,24,25);/q;+1/p-1/t14-,19+,20-;/m0./s1. The predicted molar refractivity (Wildman–Crippen MR) is 97.3 cm³/mol. The van der Waals surface area contributed by atoms with Crippen LogP contribution in [0.2, 0.25) is 0 Å². The van der Waals surface area contributed by atoms with Crippen LogP contribution in [0.5, 0.6) is 0 Å². The van der Waals surface area contributed by atoms with Crippen molar-refractivity contribution in [3.63, 3.8) is 0 Å². The number of aryl methyl sites for hydroxylation is 1. The van der Waals surface area contributed by atoms with Gasteiger partial charge in [-0.05, 0) is 79.0 Å². The van der Waals surface area contributed by atoms with Crippen LogP contribution in [-0.2, 0) is 26.7 Å². The largest absolute Gasteiger partial charge is 1.00 e. The number of aliphatic carboxylic acids is 1. The van der Waals surface area contributed by atoms with Crippen LogP contribution < -0.4 is 29.6 Å². The van der Waals surface area contributed by atoms with E-state index >= 15 is 0 Å². The molecule has 0 heterocycles. The molecule has 0 radical (unpaired) electrons. The molecule has 27 heavy (non-hydrogen) atoms. The Morgan fingerprint density at radius 1 is 1.26 bits per heavy atom. The zero-order valence-electron chi connectivity index (χ0n) is 16.8. The summed E-state index contributed by atoms with van der Waals surface area (Å²) in [6, 6.07) is 3.50. The Labute approximate surface area is 184 Å². The summed E-state index contributed by atoms with van der Waals surface area (Å²) >= 11 is 0. The third-order valence-electron chi connectivity index (χ3n) is 6.81. The van der Waals surface area contributed by atoms with Gasteiger partial charge in [0.15, 0.2) is 0 Å². The summed E-state index contributed by atoms with van der Waals surface area (Å²) in [6.07, 6.45) is 3.52. The van der Waals surface area contributed by atoms with Crippen LogP contribution in [0.4, 0.5) is 0 Å².